The standard InChI is InChI=1S/C17H20FNO2/c1-12-15(20)17(8-2-3-9-17)11-19(16(12)21)10-13-4-6-14(18)7-5-13/h4-7,20H,2-3,8-11H2,1H3. The molecule has 1 aromatic carbocycles. The molecule has 1 amide bonds. The maximum Gasteiger partial charge on any atom is 0.253 e. The maximum absolute atomic E-state index is 13.0. The number of hydrogen-bond acceptors (Lipinski definition) is 2. The van der Waals surface area contributed by atoms with Crippen molar-refractivity contribution in [3.05, 3.63) is 47.0 Å². The van der Waals surface area contributed by atoms with E-state index in [0.29, 0.717) is 24.4 Å². The lowest BCUT2D eigenvalue weighted by atomic mass is 9.78. The van der Waals surface area contributed by atoms with Gasteiger partial charge in [0.1, 0.15) is 11.6 Å². The fourth-order valence-electron chi connectivity index (χ4n) is 3.63. The van der Waals surface area contributed by atoms with E-state index in [1.165, 1.54) is 12.1 Å². The van der Waals surface area contributed by atoms with E-state index in [-0.39, 0.29) is 17.1 Å². The normalized spacial score (nSPS) is 21.4. The fourth-order valence-corrected chi connectivity index (χ4v) is 3.63. The molecule has 1 aromatic rings. The van der Waals surface area contributed by atoms with Crippen molar-refractivity contribution in [1.29, 1.82) is 0 Å². The molecule has 1 saturated carbocycles. The van der Waals surface area contributed by atoms with Crippen molar-refractivity contribution >= 4 is 5.91 Å². The first-order chi connectivity index (χ1) is 10.0. The SMILES string of the molecule is CC1=C(O)C2(CCCC2)CN(Cc2ccc(F)cc2)C1=O. The second kappa shape index (κ2) is 5.17. The molecule has 0 unspecified atom stereocenters. The number of carbonyl (C=O) groups is 1. The van der Waals surface area contributed by atoms with E-state index in [4.69, 9.17) is 0 Å². The lowest BCUT2D eigenvalue weighted by molar-refractivity contribution is -0.131. The highest BCUT2D eigenvalue weighted by Crippen LogP contribution is 2.47. The summed E-state index contributed by atoms with van der Waals surface area (Å²) >= 11 is 0. The van der Waals surface area contributed by atoms with Gasteiger partial charge in [-0.05, 0) is 37.5 Å². The van der Waals surface area contributed by atoms with Gasteiger partial charge in [0.05, 0.1) is 5.57 Å². The van der Waals surface area contributed by atoms with Crippen LogP contribution in [0.1, 0.15) is 38.2 Å². The molecule has 112 valence electrons. The van der Waals surface area contributed by atoms with Crippen LogP contribution in [0.2, 0.25) is 0 Å². The van der Waals surface area contributed by atoms with Crippen molar-refractivity contribution in [1.82, 2.24) is 4.90 Å². The molecule has 1 aliphatic carbocycles. The Morgan fingerprint density at radius 2 is 1.86 bits per heavy atom. The Labute approximate surface area is 124 Å². The van der Waals surface area contributed by atoms with Crippen LogP contribution in [0, 0.1) is 11.2 Å². The summed E-state index contributed by atoms with van der Waals surface area (Å²) in [4.78, 5) is 14.2. The molecule has 0 saturated heterocycles. The molecule has 0 atom stereocenters. The van der Waals surface area contributed by atoms with Crippen molar-refractivity contribution in [3.63, 3.8) is 0 Å². The Hall–Kier alpha value is -1.84. The summed E-state index contributed by atoms with van der Waals surface area (Å²) < 4.78 is 13.0. The van der Waals surface area contributed by atoms with Crippen LogP contribution in [0.3, 0.4) is 0 Å². The zero-order chi connectivity index (χ0) is 15.0. The topological polar surface area (TPSA) is 40.5 Å². The van der Waals surface area contributed by atoms with Crippen LogP contribution in [-0.4, -0.2) is 22.5 Å². The van der Waals surface area contributed by atoms with E-state index >= 15 is 0 Å². The molecule has 3 rings (SSSR count). The molecular formula is C17H20FNO2. The van der Waals surface area contributed by atoms with Gasteiger partial charge in [0.25, 0.3) is 5.91 Å². The highest BCUT2D eigenvalue weighted by Gasteiger charge is 2.45. The van der Waals surface area contributed by atoms with Crippen LogP contribution in [0.25, 0.3) is 0 Å². The van der Waals surface area contributed by atoms with Gasteiger partial charge in [-0.25, -0.2) is 4.39 Å². The minimum Gasteiger partial charge on any atom is -0.511 e. The number of halogens is 1. The molecule has 2 aliphatic rings. The average Bonchev–Trinajstić information content (AvgIpc) is 2.95. The number of nitrogens with zero attached hydrogens (tertiary/aromatic N) is 1. The third-order valence-electron chi connectivity index (χ3n) is 4.81. The van der Waals surface area contributed by atoms with Gasteiger partial charge in [-0.1, -0.05) is 25.0 Å². The largest absolute Gasteiger partial charge is 0.511 e. The summed E-state index contributed by atoms with van der Waals surface area (Å²) in [6, 6.07) is 6.24. The summed E-state index contributed by atoms with van der Waals surface area (Å²) in [5.41, 5.74) is 1.12. The molecule has 0 aromatic heterocycles. The molecule has 3 nitrogen and oxygen atoms in total. The molecule has 1 spiro atoms. The first kappa shape index (κ1) is 14.1. The van der Waals surface area contributed by atoms with Crippen molar-refractivity contribution in [2.24, 2.45) is 5.41 Å². The summed E-state index contributed by atoms with van der Waals surface area (Å²) in [7, 11) is 0. The van der Waals surface area contributed by atoms with Crippen LogP contribution < -0.4 is 0 Å². The molecule has 0 bridgehead atoms. The molecule has 4 heteroatoms. The number of carbonyl (C=O) groups excluding carboxylic acids is 1. The molecule has 21 heavy (non-hydrogen) atoms. The van der Waals surface area contributed by atoms with Gasteiger partial charge in [-0.15, -0.1) is 0 Å². The Balaban J connectivity index is 1.86. The van der Waals surface area contributed by atoms with Gasteiger partial charge < -0.3 is 10.0 Å². The number of rotatable bonds is 2. The van der Waals surface area contributed by atoms with E-state index in [0.717, 1.165) is 31.2 Å². The van der Waals surface area contributed by atoms with Crippen LogP contribution in [-0.2, 0) is 11.3 Å². The van der Waals surface area contributed by atoms with Crippen molar-refractivity contribution in [2.45, 2.75) is 39.2 Å². The minimum absolute atomic E-state index is 0.116. The summed E-state index contributed by atoms with van der Waals surface area (Å²) in [6.07, 6.45) is 4.05. The maximum atomic E-state index is 13.0. The van der Waals surface area contributed by atoms with E-state index in [2.05, 4.69) is 0 Å². The number of aliphatic hydroxyl groups excluding tert-OH is 1. The Morgan fingerprint density at radius 3 is 2.48 bits per heavy atom. The van der Waals surface area contributed by atoms with E-state index in [9.17, 15) is 14.3 Å². The lowest BCUT2D eigenvalue weighted by Crippen LogP contribution is -2.46. The summed E-state index contributed by atoms with van der Waals surface area (Å²) in [6.45, 7) is 2.73. The summed E-state index contributed by atoms with van der Waals surface area (Å²) in [5, 5.41) is 10.4. The highest BCUT2D eigenvalue weighted by atomic mass is 19.1. The van der Waals surface area contributed by atoms with Crippen molar-refractivity contribution in [2.75, 3.05) is 6.54 Å². The van der Waals surface area contributed by atoms with Crippen molar-refractivity contribution < 1.29 is 14.3 Å². The van der Waals surface area contributed by atoms with E-state index in [1.54, 1.807) is 24.0 Å². The van der Waals surface area contributed by atoms with Crippen LogP contribution >= 0.6 is 0 Å². The number of hydrogen-bond donors (Lipinski definition) is 1. The second-order valence-corrected chi connectivity index (χ2v) is 6.25. The molecule has 1 heterocycles. The van der Waals surface area contributed by atoms with Crippen molar-refractivity contribution in [3.8, 4) is 0 Å². The minimum atomic E-state index is -0.273. The molecule has 1 fully saturated rings. The van der Waals surface area contributed by atoms with Gasteiger partial charge in [-0.2, -0.15) is 0 Å². The Morgan fingerprint density at radius 1 is 1.24 bits per heavy atom. The van der Waals surface area contributed by atoms with Gasteiger partial charge in [0.15, 0.2) is 0 Å². The Kier molecular flexibility index (Phi) is 3.47. The average molecular weight is 289 g/mol. The van der Waals surface area contributed by atoms with Gasteiger partial charge in [-0.3, -0.25) is 4.79 Å². The number of amides is 1. The van der Waals surface area contributed by atoms with Gasteiger partial charge in [0.2, 0.25) is 0 Å². The second-order valence-electron chi connectivity index (χ2n) is 6.25. The smallest absolute Gasteiger partial charge is 0.253 e. The molecule has 1 N–H and O–H groups in total. The van der Waals surface area contributed by atoms with Gasteiger partial charge >= 0.3 is 0 Å². The predicted octanol–water partition coefficient (Wildman–Crippen LogP) is 3.56. The zero-order valence-corrected chi connectivity index (χ0v) is 12.2. The molecule has 1 aliphatic heterocycles. The van der Waals surface area contributed by atoms with E-state index in [1.807, 2.05) is 0 Å². The molecular weight excluding hydrogens is 269 g/mol. The summed E-state index contributed by atoms with van der Waals surface area (Å²) in [5.74, 6) is -0.0978. The zero-order valence-electron chi connectivity index (χ0n) is 12.2. The number of benzene rings is 1. The predicted molar refractivity (Wildman–Crippen MR) is 78.0 cm³/mol. The first-order valence-corrected chi connectivity index (χ1v) is 7.46. The third kappa shape index (κ3) is 2.43. The van der Waals surface area contributed by atoms with Crippen LogP contribution in [0.4, 0.5) is 4.39 Å². The van der Waals surface area contributed by atoms with Crippen LogP contribution in [0.5, 0.6) is 0 Å². The van der Waals surface area contributed by atoms with Crippen LogP contribution in [0.15, 0.2) is 35.6 Å². The lowest BCUT2D eigenvalue weighted by Gasteiger charge is -2.40. The third-order valence-corrected chi connectivity index (χ3v) is 4.81. The first-order valence-electron chi connectivity index (χ1n) is 7.46. The van der Waals surface area contributed by atoms with E-state index < -0.39 is 0 Å². The quantitative estimate of drug-likeness (QED) is 0.904. The highest BCUT2D eigenvalue weighted by molar-refractivity contribution is 5.94. The number of aliphatic hydroxyl groups is 1. The Bertz CT molecular complexity index is 585. The fraction of sp³-hybridized carbons (Fsp3) is 0.471. The van der Waals surface area contributed by atoms with Gasteiger partial charge in [0, 0.05) is 18.5 Å². The monoisotopic (exact) mass is 289 g/mol. The molecule has 0 radical (unpaired) electrons.